The van der Waals surface area contributed by atoms with Crippen molar-refractivity contribution in [1.29, 1.82) is 0 Å². The quantitative estimate of drug-likeness (QED) is 0.293. The van der Waals surface area contributed by atoms with Crippen molar-refractivity contribution in [3.63, 3.8) is 0 Å². The SMILES string of the molecule is C=CC(=O)Nc1ccc(C(=O)N2CCC[C@H](Nc3ncc(SCc4ncc(C(C)(C)C)o4)s3)C2)cc1. The van der Waals surface area contributed by atoms with Gasteiger partial charge in [-0.15, -0.1) is 11.8 Å². The number of nitrogens with zero attached hydrogens (tertiary/aromatic N) is 3. The van der Waals surface area contributed by atoms with E-state index in [2.05, 4.69) is 48.0 Å². The highest BCUT2D eigenvalue weighted by Crippen LogP contribution is 2.32. The average Bonchev–Trinajstić information content (AvgIpc) is 3.52. The Hall–Kier alpha value is -3.11. The van der Waals surface area contributed by atoms with Gasteiger partial charge in [0.2, 0.25) is 11.8 Å². The molecule has 0 bridgehead atoms. The lowest BCUT2D eigenvalue weighted by atomic mass is 9.94. The number of benzene rings is 1. The molecule has 0 spiro atoms. The molecule has 0 radical (unpaired) electrons. The predicted molar refractivity (Wildman–Crippen MR) is 145 cm³/mol. The van der Waals surface area contributed by atoms with E-state index in [1.54, 1.807) is 53.6 Å². The van der Waals surface area contributed by atoms with Crippen LogP contribution in [0.4, 0.5) is 10.8 Å². The Morgan fingerprint density at radius 2 is 2.03 bits per heavy atom. The Morgan fingerprint density at radius 3 is 2.72 bits per heavy atom. The summed E-state index contributed by atoms with van der Waals surface area (Å²) in [6.45, 7) is 11.1. The maximum atomic E-state index is 13.0. The summed E-state index contributed by atoms with van der Waals surface area (Å²) in [4.78, 5) is 35.3. The van der Waals surface area contributed by atoms with Crippen LogP contribution < -0.4 is 10.6 Å². The fourth-order valence-corrected chi connectivity index (χ4v) is 5.58. The van der Waals surface area contributed by atoms with Crippen LogP contribution in [0.15, 0.2) is 57.9 Å². The first kappa shape index (κ1) is 26.0. The van der Waals surface area contributed by atoms with Crippen molar-refractivity contribution >= 4 is 45.7 Å². The Labute approximate surface area is 219 Å². The van der Waals surface area contributed by atoms with Gasteiger partial charge in [0.05, 0.1) is 22.4 Å². The van der Waals surface area contributed by atoms with Crippen LogP contribution in [0.5, 0.6) is 0 Å². The van der Waals surface area contributed by atoms with Gasteiger partial charge >= 0.3 is 0 Å². The fraction of sp³-hybridized carbons (Fsp3) is 0.385. The molecular weight excluding hydrogens is 494 g/mol. The van der Waals surface area contributed by atoms with E-state index in [-0.39, 0.29) is 23.3 Å². The molecule has 10 heteroatoms. The number of hydrogen-bond donors (Lipinski definition) is 2. The summed E-state index contributed by atoms with van der Waals surface area (Å²) in [5.41, 5.74) is 1.17. The van der Waals surface area contributed by atoms with E-state index in [0.29, 0.717) is 29.4 Å². The van der Waals surface area contributed by atoms with Crippen molar-refractivity contribution in [2.24, 2.45) is 0 Å². The van der Waals surface area contributed by atoms with E-state index < -0.39 is 0 Å². The molecular formula is C26H31N5O3S2. The van der Waals surface area contributed by atoms with Crippen molar-refractivity contribution in [3.05, 3.63) is 66.5 Å². The molecule has 0 saturated carbocycles. The number of amides is 2. The molecule has 8 nitrogen and oxygen atoms in total. The van der Waals surface area contributed by atoms with Crippen molar-refractivity contribution in [1.82, 2.24) is 14.9 Å². The molecule has 1 saturated heterocycles. The summed E-state index contributed by atoms with van der Waals surface area (Å²) in [6.07, 6.45) is 6.78. The summed E-state index contributed by atoms with van der Waals surface area (Å²) in [5.74, 6) is 1.95. The number of aromatic nitrogens is 2. The Morgan fingerprint density at radius 1 is 1.25 bits per heavy atom. The molecule has 1 fully saturated rings. The van der Waals surface area contributed by atoms with Crippen LogP contribution in [0.25, 0.3) is 0 Å². The largest absolute Gasteiger partial charge is 0.444 e. The van der Waals surface area contributed by atoms with Gasteiger partial charge in [-0.2, -0.15) is 0 Å². The van der Waals surface area contributed by atoms with Crippen LogP contribution >= 0.6 is 23.1 Å². The number of oxazole rings is 1. The number of piperidine rings is 1. The first-order chi connectivity index (χ1) is 17.2. The number of thiazole rings is 1. The first-order valence-electron chi connectivity index (χ1n) is 11.8. The standard InChI is InChI=1S/C26H31N5O3S2/c1-5-21(32)29-18-10-8-17(9-11-18)24(33)31-12-6-7-19(15-31)30-25-28-14-23(36-25)35-16-22-27-13-20(34-22)26(2,3)4/h5,8-11,13-14,19H,1,6-7,12,15-16H2,2-4H3,(H,28,30)(H,29,32)/t19-/m0/s1. The number of anilines is 2. The van der Waals surface area contributed by atoms with Gasteiger partial charge in [0, 0.05) is 35.8 Å². The van der Waals surface area contributed by atoms with Crippen LogP contribution in [0.2, 0.25) is 0 Å². The molecule has 4 rings (SSSR count). The third kappa shape index (κ3) is 6.76. The van der Waals surface area contributed by atoms with E-state index in [4.69, 9.17) is 4.42 Å². The Kier molecular flexibility index (Phi) is 8.15. The second-order valence-electron chi connectivity index (χ2n) is 9.65. The highest BCUT2D eigenvalue weighted by molar-refractivity contribution is 8.00. The number of nitrogens with one attached hydrogen (secondary N) is 2. The molecule has 36 heavy (non-hydrogen) atoms. The highest BCUT2D eigenvalue weighted by atomic mass is 32.2. The molecule has 2 aromatic heterocycles. The van der Waals surface area contributed by atoms with Gasteiger partial charge < -0.3 is 20.0 Å². The lowest BCUT2D eigenvalue weighted by Crippen LogP contribution is -2.45. The normalized spacial score (nSPS) is 16.0. The maximum absolute atomic E-state index is 13.0. The third-order valence-electron chi connectivity index (χ3n) is 5.74. The van der Waals surface area contributed by atoms with Crippen molar-refractivity contribution in [2.45, 2.75) is 55.0 Å². The van der Waals surface area contributed by atoms with Gasteiger partial charge in [-0.1, -0.05) is 38.7 Å². The average molecular weight is 526 g/mol. The van der Waals surface area contributed by atoms with E-state index >= 15 is 0 Å². The number of thioether (sulfide) groups is 1. The Bertz CT molecular complexity index is 1210. The van der Waals surface area contributed by atoms with Gasteiger partial charge in [0.25, 0.3) is 5.91 Å². The van der Waals surface area contributed by atoms with Crippen LogP contribution in [-0.4, -0.2) is 45.8 Å². The molecule has 2 amide bonds. The van der Waals surface area contributed by atoms with Crippen LogP contribution in [0.1, 0.15) is 55.6 Å². The molecule has 1 aliphatic heterocycles. The van der Waals surface area contributed by atoms with Crippen molar-refractivity contribution in [3.8, 4) is 0 Å². The maximum Gasteiger partial charge on any atom is 0.253 e. The molecule has 3 heterocycles. The van der Waals surface area contributed by atoms with Crippen molar-refractivity contribution < 1.29 is 14.0 Å². The zero-order chi connectivity index (χ0) is 25.7. The second kappa shape index (κ2) is 11.3. The zero-order valence-electron chi connectivity index (χ0n) is 20.7. The number of carbonyl (C=O) groups excluding carboxylic acids is 2. The monoisotopic (exact) mass is 525 g/mol. The van der Waals surface area contributed by atoms with E-state index in [0.717, 1.165) is 34.5 Å². The summed E-state index contributed by atoms with van der Waals surface area (Å²) in [5, 5.41) is 7.04. The van der Waals surface area contributed by atoms with Gasteiger partial charge in [-0.05, 0) is 43.2 Å². The smallest absolute Gasteiger partial charge is 0.253 e. The van der Waals surface area contributed by atoms with Gasteiger partial charge in [-0.25, -0.2) is 9.97 Å². The fourth-order valence-electron chi connectivity index (χ4n) is 3.78. The van der Waals surface area contributed by atoms with E-state index in [1.807, 2.05) is 11.1 Å². The molecule has 0 aliphatic carbocycles. The number of hydrogen-bond acceptors (Lipinski definition) is 8. The lowest BCUT2D eigenvalue weighted by molar-refractivity contribution is -0.111. The number of likely N-dealkylation sites (tertiary alicyclic amines) is 1. The number of rotatable bonds is 8. The molecule has 1 aromatic carbocycles. The molecule has 3 aromatic rings. The van der Waals surface area contributed by atoms with Crippen LogP contribution in [0.3, 0.4) is 0 Å². The van der Waals surface area contributed by atoms with Crippen LogP contribution in [0, 0.1) is 0 Å². The molecule has 0 unspecified atom stereocenters. The minimum atomic E-state index is -0.282. The summed E-state index contributed by atoms with van der Waals surface area (Å²) >= 11 is 3.25. The third-order valence-corrected chi connectivity index (χ3v) is 7.84. The Balaban J connectivity index is 1.29. The molecule has 1 atom stereocenters. The minimum absolute atomic E-state index is 0.0148. The lowest BCUT2D eigenvalue weighted by Gasteiger charge is -2.33. The summed E-state index contributed by atoms with van der Waals surface area (Å²) < 4.78 is 6.96. The van der Waals surface area contributed by atoms with Crippen LogP contribution in [-0.2, 0) is 16.0 Å². The van der Waals surface area contributed by atoms with Gasteiger partial charge in [-0.3, -0.25) is 9.59 Å². The topological polar surface area (TPSA) is 100 Å². The zero-order valence-corrected chi connectivity index (χ0v) is 22.4. The van der Waals surface area contributed by atoms with Gasteiger partial charge in [0.15, 0.2) is 5.13 Å². The number of carbonyl (C=O) groups is 2. The summed E-state index contributed by atoms with van der Waals surface area (Å²) in [6, 6.07) is 7.07. The molecule has 2 N–H and O–H groups in total. The predicted octanol–water partition coefficient (Wildman–Crippen LogP) is 5.56. The molecule has 190 valence electrons. The second-order valence-corrected chi connectivity index (χ2v) is 12.0. The molecule has 1 aliphatic rings. The van der Waals surface area contributed by atoms with Crippen molar-refractivity contribution in [2.75, 3.05) is 23.7 Å². The first-order valence-corrected chi connectivity index (χ1v) is 13.6. The highest BCUT2D eigenvalue weighted by Gasteiger charge is 2.25. The minimum Gasteiger partial charge on any atom is -0.444 e. The van der Waals surface area contributed by atoms with E-state index in [1.165, 1.54) is 6.08 Å². The van der Waals surface area contributed by atoms with E-state index in [9.17, 15) is 9.59 Å². The van der Waals surface area contributed by atoms with Gasteiger partial charge in [0.1, 0.15) is 5.76 Å². The summed E-state index contributed by atoms with van der Waals surface area (Å²) in [7, 11) is 0.